The number of nitrogens with one attached hydrogen (secondary N) is 1. The minimum Gasteiger partial charge on any atom is -0.496 e. The van der Waals surface area contributed by atoms with Gasteiger partial charge in [0.25, 0.3) is 11.8 Å². The van der Waals surface area contributed by atoms with Crippen LogP contribution in [0.4, 0.5) is 4.39 Å². The van der Waals surface area contributed by atoms with Gasteiger partial charge in [-0.1, -0.05) is 0 Å². The monoisotopic (exact) mass is 310 g/mol. The van der Waals surface area contributed by atoms with E-state index in [4.69, 9.17) is 9.47 Å². The number of hydrogen-bond donors (Lipinski definition) is 1. The Bertz CT molecular complexity index is 593. The Morgan fingerprint density at radius 2 is 2.18 bits per heavy atom. The zero-order chi connectivity index (χ0) is 16.3. The number of carbonyl (C=O) groups excluding carboxylic acids is 2. The fourth-order valence-corrected chi connectivity index (χ4v) is 2.46. The second-order valence-corrected chi connectivity index (χ2v) is 5.23. The van der Waals surface area contributed by atoms with E-state index in [9.17, 15) is 14.0 Å². The van der Waals surface area contributed by atoms with Crippen LogP contribution in [0.15, 0.2) is 18.2 Å². The van der Waals surface area contributed by atoms with E-state index < -0.39 is 17.3 Å². The van der Waals surface area contributed by atoms with Gasteiger partial charge in [0.15, 0.2) is 5.60 Å². The van der Waals surface area contributed by atoms with Crippen molar-refractivity contribution in [3.63, 3.8) is 0 Å². The molecule has 1 atom stereocenters. The molecule has 1 aromatic rings. The van der Waals surface area contributed by atoms with Crippen molar-refractivity contribution in [1.29, 1.82) is 0 Å². The molecule has 0 aliphatic carbocycles. The first-order chi connectivity index (χ1) is 10.4. The molecule has 2 amide bonds. The molecule has 0 saturated carbocycles. The van der Waals surface area contributed by atoms with Crippen LogP contribution in [0, 0.1) is 5.82 Å². The largest absolute Gasteiger partial charge is 0.496 e. The van der Waals surface area contributed by atoms with E-state index in [1.165, 1.54) is 31.2 Å². The smallest absolute Gasteiger partial charge is 0.257 e. The third kappa shape index (κ3) is 3.04. The fourth-order valence-electron chi connectivity index (χ4n) is 2.46. The predicted molar refractivity (Wildman–Crippen MR) is 77.3 cm³/mol. The summed E-state index contributed by atoms with van der Waals surface area (Å²) in [4.78, 5) is 26.0. The van der Waals surface area contributed by atoms with E-state index in [0.717, 1.165) is 6.07 Å². The van der Waals surface area contributed by atoms with Gasteiger partial charge < -0.3 is 19.7 Å². The molecule has 0 bridgehead atoms. The topological polar surface area (TPSA) is 67.9 Å². The average molecular weight is 310 g/mol. The number of benzene rings is 1. The Labute approximate surface area is 128 Å². The van der Waals surface area contributed by atoms with E-state index in [1.807, 2.05) is 0 Å². The van der Waals surface area contributed by atoms with Gasteiger partial charge in [-0.25, -0.2) is 4.39 Å². The van der Waals surface area contributed by atoms with Crippen molar-refractivity contribution in [2.24, 2.45) is 0 Å². The molecule has 22 heavy (non-hydrogen) atoms. The third-order valence-corrected chi connectivity index (χ3v) is 3.66. The van der Waals surface area contributed by atoms with E-state index in [1.54, 1.807) is 6.92 Å². The normalized spacial score (nSPS) is 21.4. The zero-order valence-electron chi connectivity index (χ0n) is 12.8. The SMILES string of the molecule is CNC(=O)C1(C)CN(C(=O)c2cc(F)ccc2OC)CCO1. The van der Waals surface area contributed by atoms with Crippen molar-refractivity contribution in [2.75, 3.05) is 33.9 Å². The number of hydrogen-bond acceptors (Lipinski definition) is 4. The Kier molecular flexibility index (Phi) is 4.65. The van der Waals surface area contributed by atoms with E-state index >= 15 is 0 Å². The lowest BCUT2D eigenvalue weighted by Gasteiger charge is -2.39. The molecule has 2 rings (SSSR count). The number of ether oxygens (including phenoxy) is 2. The predicted octanol–water partition coefficient (Wildman–Crippen LogP) is 0.811. The molecular formula is C15H19FN2O4. The number of carbonyl (C=O) groups is 2. The van der Waals surface area contributed by atoms with Crippen LogP contribution in [-0.2, 0) is 9.53 Å². The molecule has 7 heteroatoms. The molecule has 1 heterocycles. The molecule has 1 aliphatic heterocycles. The van der Waals surface area contributed by atoms with Gasteiger partial charge >= 0.3 is 0 Å². The van der Waals surface area contributed by atoms with Gasteiger partial charge in [-0.3, -0.25) is 9.59 Å². The maximum atomic E-state index is 13.4. The fraction of sp³-hybridized carbons (Fsp3) is 0.467. The molecule has 1 aliphatic rings. The van der Waals surface area contributed by atoms with Gasteiger partial charge in [-0.15, -0.1) is 0 Å². The van der Waals surface area contributed by atoms with Crippen molar-refractivity contribution in [2.45, 2.75) is 12.5 Å². The molecule has 1 unspecified atom stereocenters. The second-order valence-electron chi connectivity index (χ2n) is 5.23. The van der Waals surface area contributed by atoms with Crippen LogP contribution in [0.3, 0.4) is 0 Å². The van der Waals surface area contributed by atoms with Gasteiger partial charge in [0.1, 0.15) is 11.6 Å². The van der Waals surface area contributed by atoms with Crippen LogP contribution in [0.25, 0.3) is 0 Å². The average Bonchev–Trinajstić information content (AvgIpc) is 2.53. The van der Waals surface area contributed by atoms with Crippen LogP contribution in [0.5, 0.6) is 5.75 Å². The maximum Gasteiger partial charge on any atom is 0.257 e. The number of rotatable bonds is 3. The van der Waals surface area contributed by atoms with Crippen LogP contribution in [0.2, 0.25) is 0 Å². The number of nitrogens with zero attached hydrogens (tertiary/aromatic N) is 1. The van der Waals surface area contributed by atoms with Crippen LogP contribution in [0.1, 0.15) is 17.3 Å². The Morgan fingerprint density at radius 1 is 1.45 bits per heavy atom. The molecule has 0 aromatic heterocycles. The molecule has 1 saturated heterocycles. The van der Waals surface area contributed by atoms with E-state index in [2.05, 4.69) is 5.32 Å². The first-order valence-corrected chi connectivity index (χ1v) is 6.90. The van der Waals surface area contributed by atoms with Crippen molar-refractivity contribution < 1.29 is 23.5 Å². The lowest BCUT2D eigenvalue weighted by molar-refractivity contribution is -0.153. The molecule has 0 spiro atoms. The summed E-state index contributed by atoms with van der Waals surface area (Å²) >= 11 is 0. The standard InChI is InChI=1S/C15H19FN2O4/c1-15(14(20)17-2)9-18(6-7-22-15)13(19)11-8-10(16)4-5-12(11)21-3/h4-5,8H,6-7,9H2,1-3H3,(H,17,20). The number of amides is 2. The van der Waals surface area contributed by atoms with E-state index in [0.29, 0.717) is 12.3 Å². The Hall–Kier alpha value is -2.15. The highest BCUT2D eigenvalue weighted by molar-refractivity contribution is 5.97. The van der Waals surface area contributed by atoms with Crippen LogP contribution >= 0.6 is 0 Å². The minimum atomic E-state index is -1.12. The lowest BCUT2D eigenvalue weighted by atomic mass is 10.0. The highest BCUT2D eigenvalue weighted by Crippen LogP contribution is 2.24. The summed E-state index contributed by atoms with van der Waals surface area (Å²) in [5.41, 5.74) is -0.993. The van der Waals surface area contributed by atoms with Gasteiger partial charge in [0.05, 0.1) is 25.8 Å². The highest BCUT2D eigenvalue weighted by Gasteiger charge is 2.40. The maximum absolute atomic E-state index is 13.4. The molecule has 1 aromatic carbocycles. The van der Waals surface area contributed by atoms with Crippen molar-refractivity contribution >= 4 is 11.8 Å². The number of halogens is 1. The molecule has 6 nitrogen and oxygen atoms in total. The zero-order valence-corrected chi connectivity index (χ0v) is 12.8. The van der Waals surface area contributed by atoms with Gasteiger partial charge in [-0.05, 0) is 25.1 Å². The molecule has 120 valence electrons. The number of likely N-dealkylation sites (N-methyl/N-ethyl adjacent to an activating group) is 1. The van der Waals surface area contributed by atoms with Gasteiger partial charge in [0, 0.05) is 13.6 Å². The van der Waals surface area contributed by atoms with Gasteiger partial charge in [0.2, 0.25) is 0 Å². The van der Waals surface area contributed by atoms with Crippen LogP contribution < -0.4 is 10.1 Å². The summed E-state index contributed by atoms with van der Waals surface area (Å²) in [6.07, 6.45) is 0. The summed E-state index contributed by atoms with van der Waals surface area (Å²) in [5.74, 6) is -0.933. The van der Waals surface area contributed by atoms with E-state index in [-0.39, 0.29) is 24.6 Å². The first-order valence-electron chi connectivity index (χ1n) is 6.90. The Balaban J connectivity index is 2.26. The van der Waals surface area contributed by atoms with Gasteiger partial charge in [-0.2, -0.15) is 0 Å². The Morgan fingerprint density at radius 3 is 2.82 bits per heavy atom. The molecule has 1 fully saturated rings. The third-order valence-electron chi connectivity index (χ3n) is 3.66. The molecular weight excluding hydrogens is 291 g/mol. The number of methoxy groups -OCH3 is 1. The molecule has 1 N–H and O–H groups in total. The first kappa shape index (κ1) is 16.2. The molecule has 0 radical (unpaired) electrons. The quantitative estimate of drug-likeness (QED) is 0.897. The van der Waals surface area contributed by atoms with Crippen molar-refractivity contribution in [1.82, 2.24) is 10.2 Å². The second kappa shape index (κ2) is 6.31. The highest BCUT2D eigenvalue weighted by atomic mass is 19.1. The number of morpholine rings is 1. The summed E-state index contributed by atoms with van der Waals surface area (Å²) in [6, 6.07) is 3.76. The summed E-state index contributed by atoms with van der Waals surface area (Å²) in [6.45, 7) is 2.26. The lowest BCUT2D eigenvalue weighted by Crippen LogP contribution is -2.58. The van der Waals surface area contributed by atoms with Crippen LogP contribution in [-0.4, -0.2) is 56.2 Å². The summed E-state index contributed by atoms with van der Waals surface area (Å²) < 4.78 is 24.0. The van der Waals surface area contributed by atoms with Crippen molar-refractivity contribution in [3.05, 3.63) is 29.6 Å². The van der Waals surface area contributed by atoms with Crippen molar-refractivity contribution in [3.8, 4) is 5.75 Å². The minimum absolute atomic E-state index is 0.0885. The summed E-state index contributed by atoms with van der Waals surface area (Å²) in [7, 11) is 2.92. The summed E-state index contributed by atoms with van der Waals surface area (Å²) in [5, 5.41) is 2.52.